The van der Waals surface area contributed by atoms with Gasteiger partial charge in [0.2, 0.25) is 17.7 Å². The number of rotatable bonds is 8. The number of fused-ring (bicyclic) bond motifs is 3. The number of aryl methyl sites for hydroxylation is 1. The second-order valence-electron chi connectivity index (χ2n) is 12.0. The summed E-state index contributed by atoms with van der Waals surface area (Å²) in [6, 6.07) is 19.6. The zero-order valence-electron chi connectivity index (χ0n) is 24.7. The van der Waals surface area contributed by atoms with Crippen LogP contribution in [0.2, 0.25) is 5.02 Å². The van der Waals surface area contributed by atoms with Gasteiger partial charge in [-0.25, -0.2) is 13.1 Å². The van der Waals surface area contributed by atoms with Crippen LogP contribution in [-0.2, 0) is 27.7 Å². The minimum absolute atomic E-state index is 0.00829. The maximum Gasteiger partial charge on any atom is 0.270 e. The molecule has 2 aliphatic rings. The van der Waals surface area contributed by atoms with Gasteiger partial charge in [0.1, 0.15) is 5.69 Å². The topological polar surface area (TPSA) is 127 Å². The van der Waals surface area contributed by atoms with Gasteiger partial charge in [0, 0.05) is 48.6 Å². The lowest BCUT2D eigenvalue weighted by Crippen LogP contribution is -2.35. The van der Waals surface area contributed by atoms with Crippen molar-refractivity contribution >= 4 is 44.3 Å². The highest BCUT2D eigenvalue weighted by Crippen LogP contribution is 2.51. The average molecular weight is 644 g/mol. The van der Waals surface area contributed by atoms with E-state index in [4.69, 9.17) is 16.0 Å². The Balaban J connectivity index is 1.14. The van der Waals surface area contributed by atoms with Crippen LogP contribution < -0.4 is 4.72 Å². The lowest BCUT2D eigenvalue weighted by atomic mass is 9.93. The number of carbonyl (C=O) groups excluding carboxylic acids is 2. The van der Waals surface area contributed by atoms with Gasteiger partial charge in [-0.2, -0.15) is 0 Å². The molecule has 0 radical (unpaired) electrons. The minimum atomic E-state index is -3.98. The zero-order valence-corrected chi connectivity index (χ0v) is 26.3. The quantitative estimate of drug-likeness (QED) is 0.237. The summed E-state index contributed by atoms with van der Waals surface area (Å²) in [6.07, 6.45) is 3.15. The largest absolute Gasteiger partial charge is 0.421 e. The van der Waals surface area contributed by atoms with Crippen molar-refractivity contribution in [3.05, 3.63) is 94.5 Å². The first-order valence-corrected chi connectivity index (χ1v) is 16.5. The number of halogens is 1. The molecule has 1 aliphatic heterocycles. The first-order valence-electron chi connectivity index (χ1n) is 14.7. The molecule has 3 aromatic carbocycles. The van der Waals surface area contributed by atoms with E-state index in [1.165, 1.54) is 24.3 Å². The number of hydrogen-bond acceptors (Lipinski definition) is 7. The van der Waals surface area contributed by atoms with E-state index < -0.39 is 15.9 Å². The lowest BCUT2D eigenvalue weighted by molar-refractivity contribution is -0.120. The summed E-state index contributed by atoms with van der Waals surface area (Å²) in [5, 5.41) is 9.51. The Morgan fingerprint density at radius 1 is 1.04 bits per heavy atom. The molecule has 10 nitrogen and oxygen atoms in total. The highest BCUT2D eigenvalue weighted by atomic mass is 35.5. The van der Waals surface area contributed by atoms with Crippen molar-refractivity contribution in [3.63, 3.8) is 0 Å². The summed E-state index contributed by atoms with van der Waals surface area (Å²) >= 11 is 5.87. The standard InChI is InChI=1S/C33H30ClN5O5S/c1-20-35-36-31(44-20)22-5-12-28-27(17-22)26-13-16-38(2)32(41)30(26)39(28)24-8-3-21(4-9-24)18-33(14-15-33)19-29(40)37-45(42,43)25-10-6-23(34)7-11-25/h3-12,17H,13-16,18-19H2,1-2H3,(H,37,40). The second-order valence-corrected chi connectivity index (χ2v) is 14.1. The Bertz CT molecular complexity index is 2080. The Kier molecular flexibility index (Phi) is 7.05. The Morgan fingerprint density at radius 3 is 2.44 bits per heavy atom. The van der Waals surface area contributed by atoms with Crippen LogP contribution in [0.15, 0.2) is 76.0 Å². The van der Waals surface area contributed by atoms with Crippen LogP contribution in [0.5, 0.6) is 0 Å². The van der Waals surface area contributed by atoms with E-state index in [9.17, 15) is 18.0 Å². The molecule has 2 amide bonds. The molecule has 1 aliphatic carbocycles. The molecular weight excluding hydrogens is 614 g/mol. The third-order valence-corrected chi connectivity index (χ3v) is 10.4. The van der Waals surface area contributed by atoms with E-state index >= 15 is 0 Å². The molecule has 1 saturated carbocycles. The van der Waals surface area contributed by atoms with Gasteiger partial charge in [-0.1, -0.05) is 23.7 Å². The summed E-state index contributed by atoms with van der Waals surface area (Å²) < 4.78 is 35.2. The molecule has 1 fully saturated rings. The monoisotopic (exact) mass is 643 g/mol. The summed E-state index contributed by atoms with van der Waals surface area (Å²) in [4.78, 5) is 28.0. The van der Waals surface area contributed by atoms with Gasteiger partial charge >= 0.3 is 0 Å². The molecule has 12 heteroatoms. The maximum atomic E-state index is 13.5. The molecule has 2 aromatic heterocycles. The lowest BCUT2D eigenvalue weighted by Gasteiger charge is -2.24. The van der Waals surface area contributed by atoms with Crippen molar-refractivity contribution in [1.29, 1.82) is 0 Å². The van der Waals surface area contributed by atoms with E-state index in [1.54, 1.807) is 11.8 Å². The first kappa shape index (κ1) is 29.2. The van der Waals surface area contributed by atoms with Gasteiger partial charge in [-0.3, -0.25) is 9.59 Å². The molecule has 7 rings (SSSR count). The molecule has 230 valence electrons. The second kappa shape index (κ2) is 10.8. The highest BCUT2D eigenvalue weighted by molar-refractivity contribution is 7.90. The summed E-state index contributed by atoms with van der Waals surface area (Å²) in [6.45, 7) is 2.38. The van der Waals surface area contributed by atoms with Crippen molar-refractivity contribution in [1.82, 2.24) is 24.4 Å². The summed E-state index contributed by atoms with van der Waals surface area (Å²) in [5.74, 6) is 0.355. The normalized spacial score (nSPS) is 15.7. The fraction of sp³-hybridized carbons (Fsp3) is 0.273. The Morgan fingerprint density at radius 2 is 1.78 bits per heavy atom. The predicted molar refractivity (Wildman–Crippen MR) is 169 cm³/mol. The molecule has 0 spiro atoms. The van der Waals surface area contributed by atoms with Crippen LogP contribution in [0.1, 0.15) is 46.8 Å². The van der Waals surface area contributed by atoms with Crippen molar-refractivity contribution in [2.45, 2.75) is 43.9 Å². The number of nitrogens with one attached hydrogen (secondary N) is 1. The molecule has 45 heavy (non-hydrogen) atoms. The van der Waals surface area contributed by atoms with Gasteiger partial charge in [-0.15, -0.1) is 10.2 Å². The van der Waals surface area contributed by atoms with Gasteiger partial charge in [0.05, 0.1) is 10.4 Å². The number of amides is 2. The third kappa shape index (κ3) is 5.51. The molecule has 5 aromatic rings. The van der Waals surface area contributed by atoms with Crippen LogP contribution in [0.3, 0.4) is 0 Å². The van der Waals surface area contributed by atoms with Crippen molar-refractivity contribution < 1.29 is 22.4 Å². The third-order valence-electron chi connectivity index (χ3n) is 8.73. The number of sulfonamides is 1. The Labute approximate surface area is 265 Å². The van der Waals surface area contributed by atoms with Crippen molar-refractivity contribution in [2.24, 2.45) is 5.41 Å². The Hall–Kier alpha value is -4.48. The van der Waals surface area contributed by atoms with Gasteiger partial charge in [0.25, 0.3) is 15.9 Å². The van der Waals surface area contributed by atoms with E-state index in [2.05, 4.69) is 14.9 Å². The average Bonchev–Trinajstić information content (AvgIpc) is 3.46. The molecule has 1 N–H and O–H groups in total. The van der Waals surface area contributed by atoms with Crippen LogP contribution in [-0.4, -0.2) is 53.5 Å². The van der Waals surface area contributed by atoms with E-state index in [-0.39, 0.29) is 22.6 Å². The van der Waals surface area contributed by atoms with E-state index in [1.807, 2.05) is 54.1 Å². The number of benzene rings is 3. The van der Waals surface area contributed by atoms with E-state index in [0.717, 1.165) is 52.5 Å². The van der Waals surface area contributed by atoms with E-state index in [0.29, 0.717) is 35.5 Å². The molecule has 0 unspecified atom stereocenters. The number of nitrogens with zero attached hydrogens (tertiary/aromatic N) is 4. The molecule has 0 atom stereocenters. The molecule has 3 heterocycles. The molecular formula is C33H30ClN5O5S. The number of carbonyl (C=O) groups is 2. The fourth-order valence-electron chi connectivity index (χ4n) is 6.20. The smallest absolute Gasteiger partial charge is 0.270 e. The van der Waals surface area contributed by atoms with Crippen molar-refractivity contribution in [2.75, 3.05) is 13.6 Å². The van der Waals surface area contributed by atoms with Crippen molar-refractivity contribution in [3.8, 4) is 17.1 Å². The number of hydrogen-bond donors (Lipinski definition) is 1. The first-order chi connectivity index (χ1) is 21.5. The van der Waals surface area contributed by atoms with Crippen LogP contribution in [0, 0.1) is 12.3 Å². The number of aromatic nitrogens is 3. The number of likely N-dealkylation sites (N-methyl/N-ethyl adjacent to an activating group) is 1. The SMILES string of the molecule is Cc1nnc(-c2ccc3c(c2)c2c(n3-c3ccc(CC4(CC(=O)NS(=O)(=O)c5ccc(Cl)cc5)CC4)cc3)C(=O)N(C)CC2)o1. The molecule has 0 saturated heterocycles. The van der Waals surface area contributed by atoms with Crippen LogP contribution in [0.4, 0.5) is 0 Å². The van der Waals surface area contributed by atoms with Gasteiger partial charge < -0.3 is 13.9 Å². The van der Waals surface area contributed by atoms with Crippen LogP contribution in [0.25, 0.3) is 28.0 Å². The van der Waals surface area contributed by atoms with Gasteiger partial charge in [-0.05, 0) is 96.8 Å². The summed E-state index contributed by atoms with van der Waals surface area (Å²) in [5.41, 5.74) is 4.94. The summed E-state index contributed by atoms with van der Waals surface area (Å²) in [7, 11) is -2.17. The molecule has 0 bridgehead atoms. The fourth-order valence-corrected chi connectivity index (χ4v) is 7.31. The highest BCUT2D eigenvalue weighted by Gasteiger charge is 2.44. The minimum Gasteiger partial charge on any atom is -0.421 e. The zero-order chi connectivity index (χ0) is 31.5. The predicted octanol–water partition coefficient (Wildman–Crippen LogP) is 5.49. The maximum absolute atomic E-state index is 13.5. The van der Waals surface area contributed by atoms with Gasteiger partial charge in [0.15, 0.2) is 0 Å². The van der Waals surface area contributed by atoms with Crippen LogP contribution >= 0.6 is 11.6 Å².